The van der Waals surface area contributed by atoms with Crippen molar-refractivity contribution >= 4 is 0 Å². The molecule has 2 aromatic carbocycles. The fourth-order valence-electron chi connectivity index (χ4n) is 3.31. The molecule has 3 rings (SSSR count). The van der Waals surface area contributed by atoms with Crippen LogP contribution in [0.25, 0.3) is 11.1 Å². The average molecular weight is 328 g/mol. The molecule has 0 amide bonds. The van der Waals surface area contributed by atoms with Crippen molar-refractivity contribution in [2.24, 2.45) is 0 Å². The molecular formula is C20H24O4. The molecule has 24 heavy (non-hydrogen) atoms. The first-order valence-electron chi connectivity index (χ1n) is 8.48. The highest BCUT2D eigenvalue weighted by Crippen LogP contribution is 2.42. The van der Waals surface area contributed by atoms with Gasteiger partial charge in [-0.25, -0.2) is 0 Å². The van der Waals surface area contributed by atoms with E-state index in [4.69, 9.17) is 4.74 Å². The van der Waals surface area contributed by atoms with Gasteiger partial charge in [0.05, 0.1) is 13.2 Å². The van der Waals surface area contributed by atoms with Gasteiger partial charge in [-0.2, -0.15) is 0 Å². The second-order valence-electron chi connectivity index (χ2n) is 6.48. The van der Waals surface area contributed by atoms with Gasteiger partial charge in [0.1, 0.15) is 5.75 Å². The van der Waals surface area contributed by atoms with Crippen LogP contribution in [0.3, 0.4) is 0 Å². The zero-order valence-electron chi connectivity index (χ0n) is 14.0. The van der Waals surface area contributed by atoms with Gasteiger partial charge in [-0.05, 0) is 67.5 Å². The van der Waals surface area contributed by atoms with Gasteiger partial charge < -0.3 is 20.1 Å². The molecule has 4 bridgehead atoms. The lowest BCUT2D eigenvalue weighted by Crippen LogP contribution is -2.08. The molecule has 4 nitrogen and oxygen atoms in total. The number of phenols is 2. The molecular weight excluding hydrogens is 304 g/mol. The maximum atomic E-state index is 10.5. The van der Waals surface area contributed by atoms with Gasteiger partial charge in [-0.15, -0.1) is 0 Å². The van der Waals surface area contributed by atoms with E-state index in [1.165, 1.54) is 7.11 Å². The zero-order chi connectivity index (χ0) is 17.1. The van der Waals surface area contributed by atoms with Gasteiger partial charge >= 0.3 is 0 Å². The first kappa shape index (κ1) is 16.7. The van der Waals surface area contributed by atoms with Crippen LogP contribution in [-0.4, -0.2) is 28.5 Å². The molecule has 0 spiro atoms. The molecule has 0 radical (unpaired) electrons. The van der Waals surface area contributed by atoms with Crippen molar-refractivity contribution in [1.29, 1.82) is 0 Å². The number of ether oxygens (including phenoxy) is 1. The van der Waals surface area contributed by atoms with Gasteiger partial charge in [0.2, 0.25) is 0 Å². The fourth-order valence-corrected chi connectivity index (χ4v) is 3.31. The quantitative estimate of drug-likeness (QED) is 0.745. The number of aliphatic hydroxyl groups is 1. The molecule has 0 saturated heterocycles. The molecule has 2 aromatic rings. The van der Waals surface area contributed by atoms with Gasteiger partial charge in [-0.3, -0.25) is 0 Å². The summed E-state index contributed by atoms with van der Waals surface area (Å²) < 4.78 is 5.31. The van der Waals surface area contributed by atoms with Crippen LogP contribution in [-0.2, 0) is 12.8 Å². The van der Waals surface area contributed by atoms with Crippen LogP contribution < -0.4 is 4.74 Å². The fraction of sp³-hybridized carbons (Fsp3) is 0.400. The summed E-state index contributed by atoms with van der Waals surface area (Å²) in [6.07, 6.45) is 4.72. The van der Waals surface area contributed by atoms with E-state index in [0.29, 0.717) is 23.3 Å². The Morgan fingerprint density at radius 3 is 2.50 bits per heavy atom. The summed E-state index contributed by atoms with van der Waals surface area (Å²) in [4.78, 5) is 0. The second kappa shape index (κ2) is 7.14. The lowest BCUT2D eigenvalue weighted by molar-refractivity contribution is 0.151. The normalized spacial score (nSPS) is 18.2. The molecule has 1 aliphatic rings. The van der Waals surface area contributed by atoms with Crippen molar-refractivity contribution in [2.45, 2.75) is 44.6 Å². The van der Waals surface area contributed by atoms with Crippen molar-refractivity contribution in [3.8, 4) is 28.4 Å². The maximum Gasteiger partial charge on any atom is 0.165 e. The second-order valence-corrected chi connectivity index (χ2v) is 6.48. The Bertz CT molecular complexity index is 724. The number of phenolic OH excluding ortho intramolecular Hbond substituents is 2. The smallest absolute Gasteiger partial charge is 0.165 e. The molecule has 0 aliphatic heterocycles. The average Bonchev–Trinajstić information content (AvgIpc) is 2.59. The van der Waals surface area contributed by atoms with Crippen molar-refractivity contribution in [3.63, 3.8) is 0 Å². The minimum Gasteiger partial charge on any atom is -0.507 e. The lowest BCUT2D eigenvalue weighted by atomic mass is 9.96. The summed E-state index contributed by atoms with van der Waals surface area (Å²) in [7, 11) is 1.53. The number of hydrogen-bond donors (Lipinski definition) is 3. The van der Waals surface area contributed by atoms with Crippen LogP contribution >= 0.6 is 0 Å². The van der Waals surface area contributed by atoms with Gasteiger partial charge in [0.25, 0.3) is 0 Å². The van der Waals surface area contributed by atoms with Gasteiger partial charge in [0, 0.05) is 11.1 Å². The third-order valence-corrected chi connectivity index (χ3v) is 4.72. The Morgan fingerprint density at radius 1 is 0.917 bits per heavy atom. The summed E-state index contributed by atoms with van der Waals surface area (Å²) in [5.74, 6) is 0.592. The Hall–Kier alpha value is -2.20. The van der Waals surface area contributed by atoms with E-state index in [1.54, 1.807) is 6.07 Å². The molecule has 0 heterocycles. The van der Waals surface area contributed by atoms with Crippen LogP contribution in [0.15, 0.2) is 30.3 Å². The molecule has 1 aliphatic carbocycles. The van der Waals surface area contributed by atoms with Crippen molar-refractivity contribution in [3.05, 3.63) is 41.5 Å². The number of hydrogen-bond acceptors (Lipinski definition) is 4. The van der Waals surface area contributed by atoms with Gasteiger partial charge in [0.15, 0.2) is 11.5 Å². The Kier molecular flexibility index (Phi) is 4.95. The molecule has 1 atom stereocenters. The van der Waals surface area contributed by atoms with Crippen LogP contribution in [0.1, 0.15) is 36.8 Å². The Balaban J connectivity index is 2.13. The van der Waals surface area contributed by atoms with Crippen LogP contribution in [0.2, 0.25) is 0 Å². The number of aliphatic hydroxyl groups excluding tert-OH is 1. The van der Waals surface area contributed by atoms with E-state index in [9.17, 15) is 15.3 Å². The third-order valence-electron chi connectivity index (χ3n) is 4.72. The van der Waals surface area contributed by atoms with Crippen molar-refractivity contribution in [2.75, 3.05) is 7.11 Å². The largest absolute Gasteiger partial charge is 0.507 e. The summed E-state index contributed by atoms with van der Waals surface area (Å²) >= 11 is 0. The topological polar surface area (TPSA) is 69.9 Å². The number of aromatic hydroxyl groups is 2. The molecule has 4 heteroatoms. The third kappa shape index (κ3) is 3.49. The minimum atomic E-state index is -0.297. The molecule has 0 fully saturated rings. The molecule has 0 saturated carbocycles. The van der Waals surface area contributed by atoms with E-state index in [-0.39, 0.29) is 17.6 Å². The number of fused-ring (bicyclic) bond motifs is 5. The first-order chi connectivity index (χ1) is 11.6. The Labute approximate surface area is 142 Å². The van der Waals surface area contributed by atoms with Crippen molar-refractivity contribution in [1.82, 2.24) is 0 Å². The van der Waals surface area contributed by atoms with Crippen LogP contribution in [0.4, 0.5) is 0 Å². The van der Waals surface area contributed by atoms with E-state index in [2.05, 4.69) is 0 Å². The standard InChI is InChI=1S/C20H24O4/c1-24-19-12-14-4-2-3-5-15(21)8-6-13-7-9-18(22)16(10-13)17(11-14)20(19)23/h7,9-12,15,21-23H,2-6,8H2,1H3. The van der Waals surface area contributed by atoms with E-state index < -0.39 is 0 Å². The molecule has 0 aromatic heterocycles. The highest BCUT2D eigenvalue weighted by Gasteiger charge is 2.17. The van der Waals surface area contributed by atoms with Crippen LogP contribution in [0, 0.1) is 0 Å². The van der Waals surface area contributed by atoms with E-state index in [0.717, 1.165) is 43.2 Å². The zero-order valence-corrected chi connectivity index (χ0v) is 14.0. The highest BCUT2D eigenvalue weighted by molar-refractivity contribution is 5.79. The number of aryl methyl sites for hydroxylation is 2. The highest BCUT2D eigenvalue weighted by atomic mass is 16.5. The molecule has 3 N–H and O–H groups in total. The molecule has 1 unspecified atom stereocenters. The van der Waals surface area contributed by atoms with Crippen molar-refractivity contribution < 1.29 is 20.1 Å². The number of rotatable bonds is 1. The monoisotopic (exact) mass is 328 g/mol. The lowest BCUT2D eigenvalue weighted by Gasteiger charge is -2.14. The van der Waals surface area contributed by atoms with E-state index >= 15 is 0 Å². The summed E-state index contributed by atoms with van der Waals surface area (Å²) in [5, 5.41) is 30.9. The minimum absolute atomic E-state index is 0.0450. The number of methoxy groups -OCH3 is 1. The Morgan fingerprint density at radius 2 is 1.71 bits per heavy atom. The van der Waals surface area contributed by atoms with Gasteiger partial charge in [-0.1, -0.05) is 12.5 Å². The first-order valence-corrected chi connectivity index (χ1v) is 8.48. The molecule has 128 valence electrons. The summed E-state index contributed by atoms with van der Waals surface area (Å²) in [6, 6.07) is 9.16. The predicted octanol–water partition coefficient (Wildman–Crippen LogP) is 3.79. The van der Waals surface area contributed by atoms with Crippen LogP contribution in [0.5, 0.6) is 17.2 Å². The SMILES string of the molecule is COc1cc2cc(c1O)-c1cc(ccc1O)CCC(O)CCCC2. The number of benzene rings is 2. The summed E-state index contributed by atoms with van der Waals surface area (Å²) in [5.41, 5.74) is 3.27. The van der Waals surface area contributed by atoms with E-state index in [1.807, 2.05) is 24.3 Å². The summed E-state index contributed by atoms with van der Waals surface area (Å²) in [6.45, 7) is 0. The maximum absolute atomic E-state index is 10.5. The predicted molar refractivity (Wildman–Crippen MR) is 93.6 cm³/mol.